The van der Waals surface area contributed by atoms with Gasteiger partial charge in [-0.05, 0) is 30.9 Å². The Morgan fingerprint density at radius 3 is 2.39 bits per heavy atom. The van der Waals surface area contributed by atoms with Crippen LogP contribution in [0.25, 0.3) is 0 Å². The molecule has 1 rings (SSSR count). The number of hydrogen-bond donors (Lipinski definition) is 1. The molecule has 0 saturated heterocycles. The van der Waals surface area contributed by atoms with Crippen LogP contribution in [0.4, 0.5) is 0 Å². The van der Waals surface area contributed by atoms with Crippen molar-refractivity contribution in [2.45, 2.75) is 38.1 Å². The molecule has 0 radical (unpaired) electrons. The summed E-state index contributed by atoms with van der Waals surface area (Å²) in [6.07, 6.45) is 0.816. The van der Waals surface area contributed by atoms with E-state index in [1.54, 1.807) is 25.1 Å². The minimum Gasteiger partial charge on any atom is -0.207 e. The van der Waals surface area contributed by atoms with Gasteiger partial charge in [-0.25, -0.2) is 13.1 Å². The second-order valence-corrected chi connectivity index (χ2v) is 7.20. The van der Waals surface area contributed by atoms with Gasteiger partial charge in [-0.1, -0.05) is 48.0 Å². The van der Waals surface area contributed by atoms with Crippen LogP contribution in [0.15, 0.2) is 29.2 Å². The van der Waals surface area contributed by atoms with Crippen LogP contribution in [0.5, 0.6) is 0 Å². The molecule has 1 atom stereocenters. The van der Waals surface area contributed by atoms with Crippen LogP contribution in [-0.4, -0.2) is 19.8 Å². The summed E-state index contributed by atoms with van der Waals surface area (Å²) in [6, 6.07) is 6.95. The van der Waals surface area contributed by atoms with E-state index in [0.29, 0.717) is 16.1 Å². The van der Waals surface area contributed by atoms with Crippen LogP contribution in [0.3, 0.4) is 0 Å². The average Bonchev–Trinajstić information content (AvgIpc) is 2.27. The Balaban J connectivity index is 2.91. The molecule has 0 aromatic heterocycles. The van der Waals surface area contributed by atoms with Gasteiger partial charge in [0.25, 0.3) is 0 Å². The number of alkyl halides is 1. The molecule has 0 bridgehead atoms. The summed E-state index contributed by atoms with van der Waals surface area (Å²) in [5.41, 5.74) is 0.767. The number of benzene rings is 1. The number of rotatable bonds is 6. The van der Waals surface area contributed by atoms with Crippen LogP contribution in [0.1, 0.15) is 25.8 Å². The number of sulfonamides is 1. The lowest BCUT2D eigenvalue weighted by Gasteiger charge is -2.19. The Labute approximate surface area is 118 Å². The van der Waals surface area contributed by atoms with Gasteiger partial charge in [-0.2, -0.15) is 0 Å². The average molecular weight is 334 g/mol. The molecule has 0 spiro atoms. The number of halogens is 1. The fourth-order valence-electron chi connectivity index (χ4n) is 1.85. The van der Waals surface area contributed by atoms with Crippen molar-refractivity contribution in [3.05, 3.63) is 29.8 Å². The van der Waals surface area contributed by atoms with Crippen molar-refractivity contribution in [3.8, 4) is 0 Å². The lowest BCUT2D eigenvalue weighted by molar-refractivity contribution is 0.488. The maximum Gasteiger partial charge on any atom is 0.241 e. The van der Waals surface area contributed by atoms with E-state index < -0.39 is 10.0 Å². The molecular formula is C13H20BrNO2S. The highest BCUT2D eigenvalue weighted by molar-refractivity contribution is 9.09. The van der Waals surface area contributed by atoms with Gasteiger partial charge in [0.1, 0.15) is 0 Å². The Hall–Kier alpha value is -0.390. The number of nitrogens with one attached hydrogen (secondary N) is 1. The van der Waals surface area contributed by atoms with Crippen LogP contribution < -0.4 is 4.72 Å². The Kier molecular flexibility index (Phi) is 5.82. The monoisotopic (exact) mass is 333 g/mol. The third kappa shape index (κ3) is 4.37. The molecular weight excluding hydrogens is 314 g/mol. The molecule has 3 nitrogen and oxygen atoms in total. The molecule has 102 valence electrons. The molecule has 0 aliphatic heterocycles. The Morgan fingerprint density at radius 2 is 1.89 bits per heavy atom. The Bertz CT molecular complexity index is 486. The van der Waals surface area contributed by atoms with Crippen molar-refractivity contribution in [1.29, 1.82) is 0 Å². The minimum atomic E-state index is -3.43. The number of hydrogen-bond acceptors (Lipinski definition) is 2. The van der Waals surface area contributed by atoms with Crippen molar-refractivity contribution in [2.75, 3.05) is 5.33 Å². The van der Waals surface area contributed by atoms with E-state index in [1.807, 2.05) is 6.07 Å². The highest BCUT2D eigenvalue weighted by Gasteiger charge is 2.21. The molecule has 0 saturated carbocycles. The van der Waals surface area contributed by atoms with Crippen molar-refractivity contribution < 1.29 is 8.42 Å². The fraction of sp³-hybridized carbons (Fsp3) is 0.538. The van der Waals surface area contributed by atoms with Crippen molar-refractivity contribution in [3.63, 3.8) is 0 Å². The summed E-state index contributed by atoms with van der Waals surface area (Å²) in [7, 11) is -3.43. The van der Waals surface area contributed by atoms with Crippen LogP contribution in [0.2, 0.25) is 0 Å². The third-order valence-electron chi connectivity index (χ3n) is 2.65. The van der Waals surface area contributed by atoms with Crippen LogP contribution in [-0.2, 0) is 10.0 Å². The van der Waals surface area contributed by atoms with E-state index in [-0.39, 0.29) is 6.04 Å². The molecule has 1 N–H and O–H groups in total. The maximum absolute atomic E-state index is 12.3. The highest BCUT2D eigenvalue weighted by Crippen LogP contribution is 2.16. The van der Waals surface area contributed by atoms with E-state index in [9.17, 15) is 8.42 Å². The lowest BCUT2D eigenvalue weighted by atomic mass is 10.1. The van der Waals surface area contributed by atoms with Gasteiger partial charge in [-0.3, -0.25) is 0 Å². The summed E-state index contributed by atoms with van der Waals surface area (Å²) in [4.78, 5) is 0.361. The van der Waals surface area contributed by atoms with E-state index in [2.05, 4.69) is 34.5 Å². The molecule has 0 amide bonds. The van der Waals surface area contributed by atoms with Crippen molar-refractivity contribution in [1.82, 2.24) is 4.72 Å². The smallest absolute Gasteiger partial charge is 0.207 e. The number of aryl methyl sites for hydroxylation is 1. The predicted octanol–water partition coefficient (Wildman–Crippen LogP) is 3.08. The fourth-order valence-corrected chi connectivity index (χ4v) is 3.99. The summed E-state index contributed by atoms with van der Waals surface area (Å²) in [6.45, 7) is 5.97. The zero-order chi connectivity index (χ0) is 13.8. The highest BCUT2D eigenvalue weighted by atomic mass is 79.9. The lowest BCUT2D eigenvalue weighted by Crippen LogP contribution is -2.37. The summed E-state index contributed by atoms with van der Waals surface area (Å²) < 4.78 is 27.3. The normalized spacial score (nSPS) is 13.8. The molecule has 18 heavy (non-hydrogen) atoms. The van der Waals surface area contributed by atoms with E-state index in [1.165, 1.54) is 0 Å². The summed E-state index contributed by atoms with van der Waals surface area (Å²) in [5.74, 6) is 0.451. The third-order valence-corrected chi connectivity index (χ3v) is 5.11. The van der Waals surface area contributed by atoms with E-state index in [4.69, 9.17) is 0 Å². The molecule has 0 aliphatic carbocycles. The molecule has 5 heteroatoms. The first-order valence-electron chi connectivity index (χ1n) is 6.00. The quantitative estimate of drug-likeness (QED) is 0.813. The molecule has 1 aromatic rings. The largest absolute Gasteiger partial charge is 0.241 e. The minimum absolute atomic E-state index is 0.0744. The SMILES string of the molecule is Cc1ccccc1S(=O)(=O)NC(CBr)CC(C)C. The van der Waals surface area contributed by atoms with Gasteiger partial charge in [-0.15, -0.1) is 0 Å². The zero-order valence-corrected chi connectivity index (χ0v) is 13.4. The second-order valence-electron chi connectivity index (χ2n) is 4.87. The molecule has 0 fully saturated rings. The van der Waals surface area contributed by atoms with Gasteiger partial charge in [0.2, 0.25) is 10.0 Å². The van der Waals surface area contributed by atoms with Gasteiger partial charge in [0, 0.05) is 11.4 Å². The molecule has 1 aromatic carbocycles. The van der Waals surface area contributed by atoms with Gasteiger partial charge in [0.05, 0.1) is 4.90 Å². The molecule has 0 heterocycles. The molecule has 1 unspecified atom stereocenters. The second kappa shape index (κ2) is 6.68. The maximum atomic E-state index is 12.3. The van der Waals surface area contributed by atoms with Crippen LogP contribution >= 0.6 is 15.9 Å². The Morgan fingerprint density at radius 1 is 1.28 bits per heavy atom. The van der Waals surface area contributed by atoms with Gasteiger partial charge in [0.15, 0.2) is 0 Å². The van der Waals surface area contributed by atoms with Crippen molar-refractivity contribution in [2.24, 2.45) is 5.92 Å². The first-order chi connectivity index (χ1) is 8.36. The zero-order valence-electron chi connectivity index (χ0n) is 11.0. The van der Waals surface area contributed by atoms with Gasteiger partial charge >= 0.3 is 0 Å². The summed E-state index contributed by atoms with van der Waals surface area (Å²) in [5, 5.41) is 0.621. The first-order valence-corrected chi connectivity index (χ1v) is 8.61. The van der Waals surface area contributed by atoms with Crippen LogP contribution in [0, 0.1) is 12.8 Å². The predicted molar refractivity (Wildman–Crippen MR) is 78.5 cm³/mol. The van der Waals surface area contributed by atoms with E-state index in [0.717, 1.165) is 12.0 Å². The first kappa shape index (κ1) is 15.7. The van der Waals surface area contributed by atoms with Crippen molar-refractivity contribution >= 4 is 26.0 Å². The standard InChI is InChI=1S/C13H20BrNO2S/c1-10(2)8-12(9-14)15-18(16,17)13-7-5-4-6-11(13)3/h4-7,10,12,15H,8-9H2,1-3H3. The summed E-state index contributed by atoms with van der Waals surface area (Å²) >= 11 is 3.36. The molecule has 0 aliphatic rings. The van der Waals surface area contributed by atoms with Gasteiger partial charge < -0.3 is 0 Å². The van der Waals surface area contributed by atoms with E-state index >= 15 is 0 Å². The topological polar surface area (TPSA) is 46.2 Å².